The summed E-state index contributed by atoms with van der Waals surface area (Å²) < 4.78 is 13.9. The predicted molar refractivity (Wildman–Crippen MR) is 96.4 cm³/mol. The topological polar surface area (TPSA) is 35.2 Å². The summed E-state index contributed by atoms with van der Waals surface area (Å²) in [5, 5.41) is 0. The van der Waals surface area contributed by atoms with Crippen LogP contribution in [0.2, 0.25) is 0 Å². The molecule has 0 radical (unpaired) electrons. The standard InChI is InChI=1S/C20H27FN4/c1-24(14-20-22-7-8-23-20)18-10-15-6-9-25(13-17(15)11-18)12-16-4-2-3-5-19(16)21/h2-5,7-8,15,17-18H,6,9-14H2,1H3,(H,22,23)/t15-,17-,18+/m1/s1. The average molecular weight is 342 g/mol. The van der Waals surface area contributed by atoms with Gasteiger partial charge in [-0.1, -0.05) is 18.2 Å². The lowest BCUT2D eigenvalue weighted by Crippen LogP contribution is -2.38. The van der Waals surface area contributed by atoms with E-state index in [0.717, 1.165) is 49.4 Å². The summed E-state index contributed by atoms with van der Waals surface area (Å²) in [5.74, 6) is 2.52. The molecule has 4 nitrogen and oxygen atoms in total. The predicted octanol–water partition coefficient (Wildman–Crippen LogP) is 3.28. The van der Waals surface area contributed by atoms with Gasteiger partial charge in [0.1, 0.15) is 11.6 Å². The molecule has 0 amide bonds. The zero-order valence-corrected chi connectivity index (χ0v) is 14.9. The highest BCUT2D eigenvalue weighted by Gasteiger charge is 2.39. The average Bonchev–Trinajstić information content (AvgIpc) is 3.26. The molecule has 0 spiro atoms. The summed E-state index contributed by atoms with van der Waals surface area (Å²) >= 11 is 0. The van der Waals surface area contributed by atoms with Gasteiger partial charge in [0.05, 0.1) is 6.54 Å². The number of benzene rings is 1. The molecule has 2 heterocycles. The molecule has 3 atom stereocenters. The minimum absolute atomic E-state index is 0.0768. The van der Waals surface area contributed by atoms with E-state index in [1.165, 1.54) is 19.3 Å². The molecule has 0 bridgehead atoms. The minimum atomic E-state index is -0.0768. The van der Waals surface area contributed by atoms with Crippen molar-refractivity contribution in [2.24, 2.45) is 11.8 Å². The highest BCUT2D eigenvalue weighted by atomic mass is 19.1. The number of hydrogen-bond donors (Lipinski definition) is 1. The van der Waals surface area contributed by atoms with Crippen LogP contribution in [0.25, 0.3) is 0 Å². The molecular formula is C20H27FN4. The summed E-state index contributed by atoms with van der Waals surface area (Å²) in [5.41, 5.74) is 0.824. The first-order valence-electron chi connectivity index (χ1n) is 9.33. The molecular weight excluding hydrogens is 315 g/mol. The molecule has 1 N–H and O–H groups in total. The van der Waals surface area contributed by atoms with Gasteiger partial charge in [0, 0.05) is 37.1 Å². The van der Waals surface area contributed by atoms with E-state index < -0.39 is 0 Å². The number of likely N-dealkylation sites (tertiary alicyclic amines) is 1. The first-order chi connectivity index (χ1) is 12.2. The van der Waals surface area contributed by atoms with Gasteiger partial charge in [-0.3, -0.25) is 9.80 Å². The number of H-pyrrole nitrogens is 1. The van der Waals surface area contributed by atoms with Gasteiger partial charge in [-0.25, -0.2) is 9.37 Å². The highest BCUT2D eigenvalue weighted by molar-refractivity contribution is 5.17. The van der Waals surface area contributed by atoms with Crippen LogP contribution in [-0.2, 0) is 13.1 Å². The fraction of sp³-hybridized carbons (Fsp3) is 0.550. The Kier molecular flexibility index (Phi) is 4.86. The van der Waals surface area contributed by atoms with Crippen molar-refractivity contribution in [2.75, 3.05) is 20.1 Å². The van der Waals surface area contributed by atoms with Crippen molar-refractivity contribution in [3.05, 3.63) is 53.9 Å². The molecule has 4 rings (SSSR count). The summed E-state index contributed by atoms with van der Waals surface area (Å²) in [6.45, 7) is 3.81. The third-order valence-corrected chi connectivity index (χ3v) is 6.05. The van der Waals surface area contributed by atoms with Crippen molar-refractivity contribution >= 4 is 0 Å². The van der Waals surface area contributed by atoms with Crippen LogP contribution < -0.4 is 0 Å². The SMILES string of the molecule is CN(Cc1ncc[nH]1)[C@H]1C[C@H]2CCN(Cc3ccccc3F)C[C@H]2C1. The second kappa shape index (κ2) is 7.26. The summed E-state index contributed by atoms with van der Waals surface area (Å²) in [7, 11) is 2.21. The second-order valence-corrected chi connectivity index (χ2v) is 7.71. The Bertz CT molecular complexity index is 687. The van der Waals surface area contributed by atoms with Crippen LogP contribution in [0.4, 0.5) is 4.39 Å². The van der Waals surface area contributed by atoms with Crippen molar-refractivity contribution in [1.29, 1.82) is 0 Å². The molecule has 2 fully saturated rings. The molecule has 1 aliphatic carbocycles. The van der Waals surface area contributed by atoms with E-state index in [0.29, 0.717) is 6.04 Å². The zero-order chi connectivity index (χ0) is 17.2. The van der Waals surface area contributed by atoms with E-state index >= 15 is 0 Å². The maximum atomic E-state index is 13.9. The van der Waals surface area contributed by atoms with Crippen LogP contribution >= 0.6 is 0 Å². The Balaban J connectivity index is 1.33. The molecule has 1 saturated carbocycles. The van der Waals surface area contributed by atoms with E-state index in [1.807, 2.05) is 24.5 Å². The highest BCUT2D eigenvalue weighted by Crippen LogP contribution is 2.40. The van der Waals surface area contributed by atoms with E-state index in [9.17, 15) is 4.39 Å². The van der Waals surface area contributed by atoms with Gasteiger partial charge in [0.15, 0.2) is 0 Å². The van der Waals surface area contributed by atoms with Gasteiger partial charge >= 0.3 is 0 Å². The van der Waals surface area contributed by atoms with E-state index in [-0.39, 0.29) is 5.82 Å². The second-order valence-electron chi connectivity index (χ2n) is 7.71. The smallest absolute Gasteiger partial charge is 0.127 e. The molecule has 134 valence electrons. The Morgan fingerprint density at radius 3 is 2.92 bits per heavy atom. The Labute approximate surface area is 149 Å². The van der Waals surface area contributed by atoms with Gasteiger partial charge in [-0.05, 0) is 50.8 Å². The molecule has 1 aliphatic heterocycles. The maximum Gasteiger partial charge on any atom is 0.127 e. The fourth-order valence-corrected chi connectivity index (χ4v) is 4.65. The number of piperidine rings is 1. The van der Waals surface area contributed by atoms with Crippen LogP contribution in [0.3, 0.4) is 0 Å². The molecule has 1 aromatic heterocycles. The normalized spacial score (nSPS) is 26.9. The van der Waals surface area contributed by atoms with Crippen LogP contribution in [-0.4, -0.2) is 45.9 Å². The van der Waals surface area contributed by atoms with Crippen molar-refractivity contribution in [2.45, 2.75) is 38.4 Å². The van der Waals surface area contributed by atoms with Gasteiger partial charge in [-0.2, -0.15) is 0 Å². The van der Waals surface area contributed by atoms with Crippen LogP contribution in [0.5, 0.6) is 0 Å². The van der Waals surface area contributed by atoms with E-state index in [4.69, 9.17) is 0 Å². The van der Waals surface area contributed by atoms with Crippen LogP contribution in [0, 0.1) is 17.7 Å². The summed E-state index contributed by atoms with van der Waals surface area (Å²) in [6, 6.07) is 7.81. The minimum Gasteiger partial charge on any atom is -0.348 e. The Morgan fingerprint density at radius 2 is 2.12 bits per heavy atom. The number of aromatic amines is 1. The molecule has 2 aromatic rings. The largest absolute Gasteiger partial charge is 0.348 e. The van der Waals surface area contributed by atoms with Crippen molar-refractivity contribution in [1.82, 2.24) is 19.8 Å². The molecule has 25 heavy (non-hydrogen) atoms. The van der Waals surface area contributed by atoms with Gasteiger partial charge in [0.2, 0.25) is 0 Å². The molecule has 1 aromatic carbocycles. The van der Waals surface area contributed by atoms with Crippen molar-refractivity contribution < 1.29 is 4.39 Å². The van der Waals surface area contributed by atoms with Gasteiger partial charge in [0.25, 0.3) is 0 Å². The summed E-state index contributed by atoms with van der Waals surface area (Å²) in [6.07, 6.45) is 7.48. The fourth-order valence-electron chi connectivity index (χ4n) is 4.65. The number of nitrogens with one attached hydrogen (secondary N) is 1. The van der Waals surface area contributed by atoms with Gasteiger partial charge in [-0.15, -0.1) is 0 Å². The number of imidazole rings is 1. The Hall–Kier alpha value is -1.72. The van der Waals surface area contributed by atoms with Crippen molar-refractivity contribution in [3.63, 3.8) is 0 Å². The van der Waals surface area contributed by atoms with Crippen LogP contribution in [0.15, 0.2) is 36.7 Å². The number of hydrogen-bond acceptors (Lipinski definition) is 3. The summed E-state index contributed by atoms with van der Waals surface area (Å²) in [4.78, 5) is 12.4. The first-order valence-corrected chi connectivity index (χ1v) is 9.33. The first kappa shape index (κ1) is 16.7. The van der Waals surface area contributed by atoms with Gasteiger partial charge < -0.3 is 4.98 Å². The van der Waals surface area contributed by atoms with Crippen LogP contribution in [0.1, 0.15) is 30.7 Å². The van der Waals surface area contributed by atoms with E-state index in [1.54, 1.807) is 12.1 Å². The lowest BCUT2D eigenvalue weighted by Gasteiger charge is -2.35. The molecule has 1 saturated heterocycles. The monoisotopic (exact) mass is 342 g/mol. The lowest BCUT2D eigenvalue weighted by molar-refractivity contribution is 0.130. The molecule has 2 aliphatic rings. The maximum absolute atomic E-state index is 13.9. The number of nitrogens with zero attached hydrogens (tertiary/aromatic N) is 3. The third-order valence-electron chi connectivity index (χ3n) is 6.05. The number of aromatic nitrogens is 2. The zero-order valence-electron chi connectivity index (χ0n) is 14.9. The Morgan fingerprint density at radius 1 is 1.28 bits per heavy atom. The lowest BCUT2D eigenvalue weighted by atomic mass is 9.88. The number of fused-ring (bicyclic) bond motifs is 1. The third kappa shape index (κ3) is 3.77. The molecule has 5 heteroatoms. The van der Waals surface area contributed by atoms with Crippen molar-refractivity contribution in [3.8, 4) is 0 Å². The molecule has 0 unspecified atom stereocenters. The number of halogens is 1. The number of rotatable bonds is 5. The van der Waals surface area contributed by atoms with E-state index in [2.05, 4.69) is 26.8 Å². The quantitative estimate of drug-likeness (QED) is 0.906.